The fourth-order valence-electron chi connectivity index (χ4n) is 2.21. The summed E-state index contributed by atoms with van der Waals surface area (Å²) in [6.45, 7) is 3.19. The fourth-order valence-corrected chi connectivity index (χ4v) is 2.21. The molecule has 1 aromatic heterocycles. The molecule has 88 valence electrons. The van der Waals surface area contributed by atoms with Crippen LogP contribution in [0.4, 0.5) is 5.82 Å². The minimum absolute atomic E-state index is 0.337. The molecule has 2 unspecified atom stereocenters. The zero-order chi connectivity index (χ0) is 11.5. The molecule has 2 rings (SSSR count). The van der Waals surface area contributed by atoms with Gasteiger partial charge in [0.2, 0.25) is 0 Å². The molecule has 0 aliphatic carbocycles. The molecule has 4 nitrogen and oxygen atoms in total. The zero-order valence-electron chi connectivity index (χ0n) is 9.89. The first-order chi connectivity index (χ1) is 7.70. The van der Waals surface area contributed by atoms with E-state index in [1.165, 1.54) is 0 Å². The Labute approximate surface area is 96.4 Å². The average Bonchev–Trinajstić information content (AvgIpc) is 2.29. The van der Waals surface area contributed by atoms with Crippen LogP contribution in [0, 0.1) is 0 Å². The van der Waals surface area contributed by atoms with Crippen LogP contribution >= 0.6 is 0 Å². The molecule has 2 N–H and O–H groups in total. The van der Waals surface area contributed by atoms with Crippen molar-refractivity contribution >= 4 is 5.82 Å². The lowest BCUT2D eigenvalue weighted by Gasteiger charge is -2.37. The highest BCUT2D eigenvalue weighted by atomic mass is 16.5. The van der Waals surface area contributed by atoms with Gasteiger partial charge in [-0.15, -0.1) is 0 Å². The van der Waals surface area contributed by atoms with Crippen molar-refractivity contribution in [1.29, 1.82) is 0 Å². The maximum absolute atomic E-state index is 5.94. The number of anilines is 1. The van der Waals surface area contributed by atoms with Crippen molar-refractivity contribution in [2.24, 2.45) is 5.73 Å². The summed E-state index contributed by atoms with van der Waals surface area (Å²) in [6, 6.07) is 4.75. The Morgan fingerprint density at radius 2 is 2.31 bits per heavy atom. The predicted molar refractivity (Wildman–Crippen MR) is 64.8 cm³/mol. The Bertz CT molecular complexity index is 339. The maximum atomic E-state index is 5.94. The van der Waals surface area contributed by atoms with Crippen LogP contribution in [-0.4, -0.2) is 30.7 Å². The van der Waals surface area contributed by atoms with Crippen LogP contribution in [0.1, 0.15) is 19.8 Å². The summed E-state index contributed by atoms with van der Waals surface area (Å²) in [4.78, 5) is 6.72. The first kappa shape index (κ1) is 11.2. The summed E-state index contributed by atoms with van der Waals surface area (Å²) in [7, 11) is 1.65. The molecule has 1 aromatic rings. The molecule has 2 heterocycles. The van der Waals surface area contributed by atoms with Gasteiger partial charge < -0.3 is 15.4 Å². The number of hydrogen-bond acceptors (Lipinski definition) is 4. The van der Waals surface area contributed by atoms with E-state index in [0.29, 0.717) is 12.1 Å². The van der Waals surface area contributed by atoms with E-state index >= 15 is 0 Å². The third kappa shape index (κ3) is 2.27. The van der Waals surface area contributed by atoms with Gasteiger partial charge in [-0.1, -0.05) is 0 Å². The minimum atomic E-state index is 0.337. The Balaban J connectivity index is 2.11. The molecule has 1 fully saturated rings. The van der Waals surface area contributed by atoms with Gasteiger partial charge in [0.25, 0.3) is 0 Å². The van der Waals surface area contributed by atoms with Gasteiger partial charge in [-0.05, 0) is 31.9 Å². The van der Waals surface area contributed by atoms with E-state index in [9.17, 15) is 0 Å². The maximum Gasteiger partial charge on any atom is 0.137 e. The van der Waals surface area contributed by atoms with Crippen molar-refractivity contribution in [3.8, 4) is 5.75 Å². The summed E-state index contributed by atoms with van der Waals surface area (Å²) in [5.41, 5.74) is 5.94. The number of nitrogens with two attached hydrogens (primary N) is 1. The van der Waals surface area contributed by atoms with Crippen LogP contribution in [0.5, 0.6) is 5.75 Å². The van der Waals surface area contributed by atoms with Gasteiger partial charge in [0.15, 0.2) is 0 Å². The van der Waals surface area contributed by atoms with Gasteiger partial charge in [0.1, 0.15) is 11.6 Å². The number of pyridine rings is 1. The number of hydrogen-bond donors (Lipinski definition) is 1. The highest BCUT2D eigenvalue weighted by Crippen LogP contribution is 2.23. The fraction of sp³-hybridized carbons (Fsp3) is 0.583. The lowest BCUT2D eigenvalue weighted by molar-refractivity contribution is 0.410. The first-order valence-corrected chi connectivity index (χ1v) is 5.73. The van der Waals surface area contributed by atoms with Crippen LogP contribution in [0.15, 0.2) is 18.3 Å². The summed E-state index contributed by atoms with van der Waals surface area (Å²) in [5.74, 6) is 1.81. The van der Waals surface area contributed by atoms with Gasteiger partial charge in [-0.25, -0.2) is 4.98 Å². The molecule has 4 heteroatoms. The monoisotopic (exact) mass is 221 g/mol. The standard InChI is InChI=1S/C12H19N3O/c1-9-7-10(13)5-6-15(9)12-4-3-11(16-2)8-14-12/h3-4,8-10H,5-7,13H2,1-2H3. The van der Waals surface area contributed by atoms with Crippen LogP contribution < -0.4 is 15.4 Å². The zero-order valence-corrected chi connectivity index (χ0v) is 9.89. The van der Waals surface area contributed by atoms with Crippen molar-refractivity contribution in [2.45, 2.75) is 31.8 Å². The molecule has 0 spiro atoms. The van der Waals surface area contributed by atoms with Crippen molar-refractivity contribution in [3.63, 3.8) is 0 Å². The van der Waals surface area contributed by atoms with Gasteiger partial charge in [-0.3, -0.25) is 0 Å². The van der Waals surface area contributed by atoms with Gasteiger partial charge >= 0.3 is 0 Å². The number of nitrogens with zero attached hydrogens (tertiary/aromatic N) is 2. The molecular weight excluding hydrogens is 202 g/mol. The molecule has 1 aliphatic rings. The molecule has 16 heavy (non-hydrogen) atoms. The molecule has 0 saturated carbocycles. The molecule has 2 atom stereocenters. The van der Waals surface area contributed by atoms with Crippen molar-refractivity contribution in [1.82, 2.24) is 4.98 Å². The number of piperidine rings is 1. The van der Waals surface area contributed by atoms with E-state index in [0.717, 1.165) is 31.0 Å². The number of methoxy groups -OCH3 is 1. The highest BCUT2D eigenvalue weighted by Gasteiger charge is 2.23. The van der Waals surface area contributed by atoms with E-state index in [-0.39, 0.29) is 0 Å². The Morgan fingerprint density at radius 3 is 2.88 bits per heavy atom. The first-order valence-electron chi connectivity index (χ1n) is 5.73. The predicted octanol–water partition coefficient (Wildman–Crippen LogP) is 1.41. The average molecular weight is 221 g/mol. The second-order valence-corrected chi connectivity index (χ2v) is 4.38. The normalized spacial score (nSPS) is 25.6. The molecule has 1 aliphatic heterocycles. The number of aromatic nitrogens is 1. The van der Waals surface area contributed by atoms with Crippen LogP contribution in [0.3, 0.4) is 0 Å². The lowest BCUT2D eigenvalue weighted by Crippen LogP contribution is -2.45. The molecule has 0 amide bonds. The summed E-state index contributed by atoms with van der Waals surface area (Å²) in [6.07, 6.45) is 3.84. The van der Waals surface area contributed by atoms with Gasteiger partial charge in [0, 0.05) is 18.6 Å². The minimum Gasteiger partial charge on any atom is -0.495 e. The summed E-state index contributed by atoms with van der Waals surface area (Å²) >= 11 is 0. The van der Waals surface area contributed by atoms with Gasteiger partial charge in [0.05, 0.1) is 13.3 Å². The van der Waals surface area contributed by atoms with E-state index in [4.69, 9.17) is 10.5 Å². The van der Waals surface area contributed by atoms with E-state index in [1.54, 1.807) is 13.3 Å². The number of rotatable bonds is 2. The topological polar surface area (TPSA) is 51.4 Å². The Hall–Kier alpha value is -1.29. The van der Waals surface area contributed by atoms with Crippen molar-refractivity contribution < 1.29 is 4.74 Å². The summed E-state index contributed by atoms with van der Waals surface area (Å²) in [5, 5.41) is 0. The van der Waals surface area contributed by atoms with Crippen molar-refractivity contribution in [3.05, 3.63) is 18.3 Å². The Kier molecular flexibility index (Phi) is 3.29. The Morgan fingerprint density at radius 1 is 1.50 bits per heavy atom. The van der Waals surface area contributed by atoms with E-state index < -0.39 is 0 Å². The molecule has 0 bridgehead atoms. The third-order valence-corrected chi connectivity index (χ3v) is 3.17. The quantitative estimate of drug-likeness (QED) is 0.820. The summed E-state index contributed by atoms with van der Waals surface area (Å²) < 4.78 is 5.10. The molecule has 1 saturated heterocycles. The van der Waals surface area contributed by atoms with Crippen LogP contribution in [0.25, 0.3) is 0 Å². The molecular formula is C12H19N3O. The molecule has 0 radical (unpaired) electrons. The van der Waals surface area contributed by atoms with E-state index in [2.05, 4.69) is 16.8 Å². The van der Waals surface area contributed by atoms with Crippen molar-refractivity contribution in [2.75, 3.05) is 18.6 Å². The lowest BCUT2D eigenvalue weighted by atomic mass is 9.99. The SMILES string of the molecule is COc1ccc(N2CCC(N)CC2C)nc1. The largest absolute Gasteiger partial charge is 0.495 e. The highest BCUT2D eigenvalue weighted by molar-refractivity contribution is 5.42. The van der Waals surface area contributed by atoms with Gasteiger partial charge in [-0.2, -0.15) is 0 Å². The third-order valence-electron chi connectivity index (χ3n) is 3.17. The second kappa shape index (κ2) is 4.70. The molecule has 0 aromatic carbocycles. The second-order valence-electron chi connectivity index (χ2n) is 4.38. The van der Waals surface area contributed by atoms with E-state index in [1.807, 2.05) is 12.1 Å². The van der Waals surface area contributed by atoms with Crippen LogP contribution in [0.2, 0.25) is 0 Å². The smallest absolute Gasteiger partial charge is 0.137 e. The van der Waals surface area contributed by atoms with Crippen LogP contribution in [-0.2, 0) is 0 Å². The number of ether oxygens (including phenoxy) is 1.